The fraction of sp³-hybridized carbons (Fsp3) is 0.318. The zero-order valence-corrected chi connectivity index (χ0v) is 19.0. The lowest BCUT2D eigenvalue weighted by atomic mass is 10.1. The smallest absolute Gasteiger partial charge is 0.234 e. The van der Waals surface area contributed by atoms with E-state index in [-0.39, 0.29) is 17.8 Å². The number of carbonyl (C=O) groups is 1. The Morgan fingerprint density at radius 3 is 2.67 bits per heavy atom. The Labute approximate surface area is 186 Å². The number of nitrogens with zero attached hydrogens (tertiary/aromatic N) is 3. The van der Waals surface area contributed by atoms with Gasteiger partial charge in [0.25, 0.3) is 0 Å². The maximum absolute atomic E-state index is 12.4. The van der Waals surface area contributed by atoms with Crippen LogP contribution in [0.2, 0.25) is 5.02 Å². The number of carbonyl (C=O) groups excluding carboxylic acids is 1. The van der Waals surface area contributed by atoms with Gasteiger partial charge in [0.15, 0.2) is 17.1 Å². The molecule has 3 rings (SSSR count). The number of amides is 1. The van der Waals surface area contributed by atoms with Crippen molar-refractivity contribution in [2.24, 2.45) is 0 Å². The number of ether oxygens (including phenoxy) is 1. The third-order valence-electron chi connectivity index (χ3n) is 4.69. The highest BCUT2D eigenvalue weighted by Gasteiger charge is 2.20. The molecule has 2 aromatic carbocycles. The Balaban J connectivity index is 1.64. The second kappa shape index (κ2) is 10.00. The number of nitrogens with one attached hydrogen (secondary N) is 1. The van der Waals surface area contributed by atoms with Crippen molar-refractivity contribution >= 4 is 35.0 Å². The fourth-order valence-electron chi connectivity index (χ4n) is 2.93. The van der Waals surface area contributed by atoms with Crippen LogP contribution in [0, 0.1) is 13.8 Å². The molecule has 0 spiro atoms. The van der Waals surface area contributed by atoms with Crippen LogP contribution < -0.4 is 10.1 Å². The molecule has 6 nitrogen and oxygen atoms in total. The molecule has 3 aromatic rings. The van der Waals surface area contributed by atoms with Crippen molar-refractivity contribution in [2.75, 3.05) is 11.1 Å². The summed E-state index contributed by atoms with van der Waals surface area (Å²) in [6, 6.07) is 13.2. The van der Waals surface area contributed by atoms with Crippen molar-refractivity contribution in [1.29, 1.82) is 0 Å². The van der Waals surface area contributed by atoms with E-state index in [1.807, 2.05) is 68.7 Å². The first-order valence-corrected chi connectivity index (χ1v) is 11.1. The lowest BCUT2D eigenvalue weighted by molar-refractivity contribution is -0.113. The summed E-state index contributed by atoms with van der Waals surface area (Å²) in [4.78, 5) is 12.4. The molecule has 0 unspecified atom stereocenters. The monoisotopic (exact) mass is 444 g/mol. The van der Waals surface area contributed by atoms with Gasteiger partial charge in [-0.1, -0.05) is 41.6 Å². The molecule has 158 valence electrons. The van der Waals surface area contributed by atoms with Crippen molar-refractivity contribution in [3.8, 4) is 5.75 Å². The van der Waals surface area contributed by atoms with E-state index in [1.165, 1.54) is 17.3 Å². The largest absolute Gasteiger partial charge is 0.481 e. The molecule has 8 heteroatoms. The van der Waals surface area contributed by atoms with Gasteiger partial charge in [-0.25, -0.2) is 0 Å². The summed E-state index contributed by atoms with van der Waals surface area (Å²) in [5.74, 6) is 1.44. The first kappa shape index (κ1) is 22.2. The van der Waals surface area contributed by atoms with Gasteiger partial charge in [-0.15, -0.1) is 10.2 Å². The third-order valence-corrected chi connectivity index (χ3v) is 5.97. The number of anilines is 1. The molecule has 1 aromatic heterocycles. The number of thioether (sulfide) groups is 1. The average molecular weight is 445 g/mol. The number of aryl methyl sites for hydroxylation is 2. The quantitative estimate of drug-likeness (QED) is 0.468. The highest BCUT2D eigenvalue weighted by Crippen LogP contribution is 2.29. The first-order valence-electron chi connectivity index (χ1n) is 9.73. The maximum Gasteiger partial charge on any atom is 0.234 e. The zero-order valence-electron chi connectivity index (χ0n) is 17.5. The van der Waals surface area contributed by atoms with Crippen molar-refractivity contribution in [3.63, 3.8) is 0 Å². The van der Waals surface area contributed by atoms with Crippen LogP contribution in [0.5, 0.6) is 5.75 Å². The number of aromatic nitrogens is 3. The van der Waals surface area contributed by atoms with E-state index in [4.69, 9.17) is 16.3 Å². The van der Waals surface area contributed by atoms with Crippen molar-refractivity contribution in [2.45, 2.75) is 45.5 Å². The summed E-state index contributed by atoms with van der Waals surface area (Å²) in [5.41, 5.74) is 3.13. The van der Waals surface area contributed by atoms with Crippen LogP contribution in [0.25, 0.3) is 0 Å². The highest BCUT2D eigenvalue weighted by atomic mass is 35.5. The van der Waals surface area contributed by atoms with E-state index in [2.05, 4.69) is 15.5 Å². The van der Waals surface area contributed by atoms with E-state index in [9.17, 15) is 4.79 Å². The van der Waals surface area contributed by atoms with Gasteiger partial charge in [-0.2, -0.15) is 0 Å². The van der Waals surface area contributed by atoms with Gasteiger partial charge in [0.1, 0.15) is 5.75 Å². The number of hydrogen-bond acceptors (Lipinski definition) is 5. The molecule has 1 amide bonds. The minimum Gasteiger partial charge on any atom is -0.481 e. The van der Waals surface area contributed by atoms with Crippen molar-refractivity contribution in [1.82, 2.24) is 14.8 Å². The molecule has 0 aliphatic carbocycles. The number of benzene rings is 2. The predicted molar refractivity (Wildman–Crippen MR) is 121 cm³/mol. The molecular formula is C22H25ClN4O2S. The van der Waals surface area contributed by atoms with E-state index in [0.717, 1.165) is 11.3 Å². The molecule has 1 heterocycles. The topological polar surface area (TPSA) is 69.0 Å². The Morgan fingerprint density at radius 1 is 1.20 bits per heavy atom. The summed E-state index contributed by atoms with van der Waals surface area (Å²) >= 11 is 7.54. The van der Waals surface area contributed by atoms with E-state index >= 15 is 0 Å². The van der Waals surface area contributed by atoms with Crippen molar-refractivity contribution < 1.29 is 9.53 Å². The molecule has 1 N–H and O–H groups in total. The van der Waals surface area contributed by atoms with Gasteiger partial charge in [0.2, 0.25) is 5.91 Å². The molecule has 30 heavy (non-hydrogen) atoms. The minimum absolute atomic E-state index is 0.0872. The number of halogens is 1. The van der Waals surface area contributed by atoms with Gasteiger partial charge < -0.3 is 14.6 Å². The van der Waals surface area contributed by atoms with E-state index < -0.39 is 0 Å². The Bertz CT molecular complexity index is 1040. The standard InChI is InChI=1S/C22H25ClN4O2S/c1-5-27-21(16(4)29-19-9-7-6-8-18(19)23)25-26-22(27)30-13-20(28)24-17-11-10-14(2)15(3)12-17/h6-12,16H,5,13H2,1-4H3,(H,24,28)/t16-/m0/s1. The van der Waals surface area contributed by atoms with Crippen molar-refractivity contribution in [3.05, 3.63) is 64.4 Å². The van der Waals surface area contributed by atoms with Crippen LogP contribution in [-0.2, 0) is 11.3 Å². The Morgan fingerprint density at radius 2 is 1.97 bits per heavy atom. The number of rotatable bonds is 8. The highest BCUT2D eigenvalue weighted by molar-refractivity contribution is 7.99. The zero-order chi connectivity index (χ0) is 21.7. The number of hydrogen-bond donors (Lipinski definition) is 1. The molecule has 0 saturated heterocycles. The maximum atomic E-state index is 12.4. The lowest BCUT2D eigenvalue weighted by Gasteiger charge is -2.16. The van der Waals surface area contributed by atoms with Crippen LogP contribution in [0.1, 0.15) is 36.9 Å². The Hall–Kier alpha value is -2.51. The lowest BCUT2D eigenvalue weighted by Crippen LogP contribution is -2.15. The second-order valence-corrected chi connectivity index (χ2v) is 8.26. The SMILES string of the molecule is CCn1c(SCC(=O)Nc2ccc(C)c(C)c2)nnc1[C@H](C)Oc1ccccc1Cl. The molecule has 0 aliphatic heterocycles. The van der Waals surface area contributed by atoms with Crippen LogP contribution in [0.15, 0.2) is 47.6 Å². The molecular weight excluding hydrogens is 420 g/mol. The molecule has 1 atom stereocenters. The van der Waals surface area contributed by atoms with E-state index in [0.29, 0.717) is 28.3 Å². The minimum atomic E-state index is -0.337. The van der Waals surface area contributed by atoms with E-state index in [1.54, 1.807) is 6.07 Å². The van der Waals surface area contributed by atoms with Crippen LogP contribution in [0.4, 0.5) is 5.69 Å². The van der Waals surface area contributed by atoms with Gasteiger partial charge in [0, 0.05) is 12.2 Å². The fourth-order valence-corrected chi connectivity index (χ4v) is 3.92. The van der Waals surface area contributed by atoms with Crippen LogP contribution >= 0.6 is 23.4 Å². The molecule has 0 bridgehead atoms. The summed E-state index contributed by atoms with van der Waals surface area (Å²) in [6.45, 7) is 8.65. The summed E-state index contributed by atoms with van der Waals surface area (Å²) in [5, 5.41) is 12.7. The van der Waals surface area contributed by atoms with Crippen LogP contribution in [0.3, 0.4) is 0 Å². The Kier molecular flexibility index (Phi) is 7.39. The van der Waals surface area contributed by atoms with Gasteiger partial charge in [-0.3, -0.25) is 4.79 Å². The molecule has 0 fully saturated rings. The van der Waals surface area contributed by atoms with Gasteiger partial charge >= 0.3 is 0 Å². The van der Waals surface area contributed by atoms with Gasteiger partial charge in [-0.05, 0) is 63.1 Å². The second-order valence-electron chi connectivity index (χ2n) is 6.91. The molecule has 0 radical (unpaired) electrons. The number of para-hydroxylation sites is 1. The third kappa shape index (κ3) is 5.34. The summed E-state index contributed by atoms with van der Waals surface area (Å²) in [7, 11) is 0. The molecule has 0 saturated carbocycles. The first-order chi connectivity index (χ1) is 14.4. The van der Waals surface area contributed by atoms with Crippen LogP contribution in [-0.4, -0.2) is 26.4 Å². The van der Waals surface area contributed by atoms with Gasteiger partial charge in [0.05, 0.1) is 10.8 Å². The molecule has 0 aliphatic rings. The summed E-state index contributed by atoms with van der Waals surface area (Å²) < 4.78 is 7.92. The predicted octanol–water partition coefficient (Wildman–Crippen LogP) is 5.44. The average Bonchev–Trinajstić information content (AvgIpc) is 3.14. The normalized spacial score (nSPS) is 11.9. The summed E-state index contributed by atoms with van der Waals surface area (Å²) in [6.07, 6.45) is -0.337.